The lowest BCUT2D eigenvalue weighted by atomic mass is 9.99. The second-order valence-corrected chi connectivity index (χ2v) is 12.2. The number of amides is 3. The number of hydrogen-bond donors (Lipinski definition) is 2. The van der Waals surface area contributed by atoms with Gasteiger partial charge in [0.15, 0.2) is 0 Å². The molecule has 3 heterocycles. The molecule has 2 aromatic heterocycles. The number of aromatic nitrogens is 3. The van der Waals surface area contributed by atoms with Crippen LogP contribution in [-0.4, -0.2) is 50.2 Å². The maximum atomic E-state index is 14.5. The summed E-state index contributed by atoms with van der Waals surface area (Å²) >= 11 is 1.27. The third-order valence-corrected chi connectivity index (χ3v) is 7.49. The predicted octanol–water partition coefficient (Wildman–Crippen LogP) is 4.84. The molecule has 0 aliphatic carbocycles. The molecule has 0 spiro atoms. The Balaban J connectivity index is 1.30. The van der Waals surface area contributed by atoms with E-state index in [1.807, 2.05) is 35.7 Å². The number of carbonyl (C=O) groups excluding carboxylic acids is 3. The first-order chi connectivity index (χ1) is 21.1. The van der Waals surface area contributed by atoms with Crippen molar-refractivity contribution in [2.24, 2.45) is 0 Å². The molecule has 0 fully saturated rings. The second kappa shape index (κ2) is 13.3. The van der Waals surface area contributed by atoms with Crippen LogP contribution in [0, 0.1) is 5.82 Å². The molecule has 1 unspecified atom stereocenters. The molecule has 3 amide bonds. The maximum absolute atomic E-state index is 14.5. The average molecular weight is 617 g/mol. The van der Waals surface area contributed by atoms with E-state index in [0.717, 1.165) is 16.8 Å². The Bertz CT molecular complexity index is 1620. The fourth-order valence-corrected chi connectivity index (χ4v) is 5.47. The minimum atomic E-state index is -0.874. The maximum Gasteiger partial charge on any atom is 0.407 e. The zero-order chi connectivity index (χ0) is 31.3. The van der Waals surface area contributed by atoms with Crippen LogP contribution < -0.4 is 15.5 Å². The van der Waals surface area contributed by atoms with E-state index in [2.05, 4.69) is 25.2 Å². The number of nitrogens with one attached hydrogen (secondary N) is 2. The van der Waals surface area contributed by atoms with Crippen LogP contribution in [0.15, 0.2) is 72.2 Å². The van der Waals surface area contributed by atoms with Gasteiger partial charge in [0.2, 0.25) is 11.8 Å². The van der Waals surface area contributed by atoms with Crippen LogP contribution in [0.5, 0.6) is 0 Å². The SMILES string of the molecule is CC(C)(C)OC(=O)N[C@@H](CC(=O)NC1Cc2ncccc2N(Cc2ccc(-c3csnn3)cc2)C1=O)Cc1ccccc1F. The largest absolute Gasteiger partial charge is 0.444 e. The summed E-state index contributed by atoms with van der Waals surface area (Å²) in [6, 6.07) is 15.8. The van der Waals surface area contributed by atoms with Crippen molar-refractivity contribution in [1.29, 1.82) is 0 Å². The van der Waals surface area contributed by atoms with Crippen LogP contribution >= 0.6 is 11.5 Å². The van der Waals surface area contributed by atoms with Crippen LogP contribution in [0.25, 0.3) is 11.3 Å². The molecule has 0 radical (unpaired) electrons. The predicted molar refractivity (Wildman–Crippen MR) is 164 cm³/mol. The molecule has 0 bridgehead atoms. The van der Waals surface area contributed by atoms with E-state index >= 15 is 0 Å². The lowest BCUT2D eigenvalue weighted by Crippen LogP contribution is -2.54. The monoisotopic (exact) mass is 616 g/mol. The number of benzene rings is 2. The zero-order valence-corrected chi connectivity index (χ0v) is 25.4. The number of halogens is 1. The van der Waals surface area contributed by atoms with E-state index < -0.39 is 35.5 Å². The van der Waals surface area contributed by atoms with Crippen molar-refractivity contribution in [1.82, 2.24) is 25.2 Å². The number of carbonyl (C=O) groups is 3. The van der Waals surface area contributed by atoms with Gasteiger partial charge in [0, 0.05) is 36.0 Å². The highest BCUT2D eigenvalue weighted by molar-refractivity contribution is 7.03. The van der Waals surface area contributed by atoms with Crippen molar-refractivity contribution in [3.8, 4) is 11.3 Å². The van der Waals surface area contributed by atoms with Crippen molar-refractivity contribution >= 4 is 35.1 Å². The van der Waals surface area contributed by atoms with Crippen LogP contribution in [0.4, 0.5) is 14.9 Å². The van der Waals surface area contributed by atoms with Crippen LogP contribution in [-0.2, 0) is 33.7 Å². The number of alkyl carbamates (subject to hydrolysis) is 1. The van der Waals surface area contributed by atoms with E-state index in [0.29, 0.717) is 16.9 Å². The minimum Gasteiger partial charge on any atom is -0.444 e. The first kappa shape index (κ1) is 30.7. The Kier molecular flexibility index (Phi) is 9.29. The standard InChI is InChI=1S/C32H33FN6O4S/c1-32(2,3)43-31(42)35-23(15-22-7-4-5-8-24(22)33)16-29(40)36-26-17-25-28(9-6-14-34-25)39(30(26)41)18-20-10-12-21(13-11-20)27-19-44-38-37-27/h4-14,19,23,26H,15-18H2,1-3H3,(H,35,42)(H,36,40)/t23-,26?/m1/s1. The molecule has 2 aromatic carbocycles. The summed E-state index contributed by atoms with van der Waals surface area (Å²) in [5, 5.41) is 11.5. The Morgan fingerprint density at radius 3 is 2.59 bits per heavy atom. The van der Waals surface area contributed by atoms with Crippen molar-refractivity contribution in [2.75, 3.05) is 4.90 Å². The van der Waals surface area contributed by atoms with Gasteiger partial charge in [-0.25, -0.2) is 9.18 Å². The summed E-state index contributed by atoms with van der Waals surface area (Å²) in [5.41, 5.74) is 3.53. The number of fused-ring (bicyclic) bond motifs is 1. The topological polar surface area (TPSA) is 126 Å². The number of nitrogens with zero attached hydrogens (tertiary/aromatic N) is 4. The highest BCUT2D eigenvalue weighted by Gasteiger charge is 2.35. The molecular weight excluding hydrogens is 583 g/mol. The Morgan fingerprint density at radius 1 is 1.11 bits per heavy atom. The number of rotatable bonds is 9. The molecule has 5 rings (SSSR count). The van der Waals surface area contributed by atoms with E-state index in [1.54, 1.807) is 56.1 Å². The summed E-state index contributed by atoms with van der Waals surface area (Å²) in [6.07, 6.45) is 1.00. The van der Waals surface area contributed by atoms with Crippen molar-refractivity contribution < 1.29 is 23.5 Å². The highest BCUT2D eigenvalue weighted by Crippen LogP contribution is 2.29. The quantitative estimate of drug-likeness (QED) is 0.276. The molecule has 228 valence electrons. The molecule has 0 saturated heterocycles. The van der Waals surface area contributed by atoms with E-state index in [9.17, 15) is 18.8 Å². The van der Waals surface area contributed by atoms with Gasteiger partial charge in [-0.3, -0.25) is 14.6 Å². The molecule has 12 heteroatoms. The lowest BCUT2D eigenvalue weighted by Gasteiger charge is -2.34. The van der Waals surface area contributed by atoms with Gasteiger partial charge < -0.3 is 20.3 Å². The number of hydrogen-bond acceptors (Lipinski definition) is 8. The fraction of sp³-hybridized carbons (Fsp3) is 0.312. The van der Waals surface area contributed by atoms with E-state index in [4.69, 9.17) is 4.74 Å². The van der Waals surface area contributed by atoms with Gasteiger partial charge in [0.25, 0.3) is 0 Å². The van der Waals surface area contributed by atoms with Crippen molar-refractivity contribution in [3.63, 3.8) is 0 Å². The van der Waals surface area contributed by atoms with Gasteiger partial charge in [-0.15, -0.1) is 5.10 Å². The summed E-state index contributed by atoms with van der Waals surface area (Å²) in [6.45, 7) is 5.45. The van der Waals surface area contributed by atoms with Crippen LogP contribution in [0.2, 0.25) is 0 Å². The second-order valence-electron chi connectivity index (χ2n) is 11.5. The Labute approximate surface area is 258 Å². The molecule has 10 nitrogen and oxygen atoms in total. The third kappa shape index (κ3) is 7.81. The molecule has 4 aromatic rings. The molecule has 2 N–H and O–H groups in total. The summed E-state index contributed by atoms with van der Waals surface area (Å²) < 4.78 is 23.7. The lowest BCUT2D eigenvalue weighted by molar-refractivity contribution is -0.128. The van der Waals surface area contributed by atoms with E-state index in [1.165, 1.54) is 17.6 Å². The fourth-order valence-electron chi connectivity index (χ4n) is 5.00. The summed E-state index contributed by atoms with van der Waals surface area (Å²) in [5.74, 6) is -1.19. The smallest absolute Gasteiger partial charge is 0.407 e. The molecule has 1 aliphatic heterocycles. The van der Waals surface area contributed by atoms with Gasteiger partial charge in [-0.1, -0.05) is 47.0 Å². The highest BCUT2D eigenvalue weighted by atomic mass is 32.1. The number of pyridine rings is 1. The van der Waals surface area contributed by atoms with Crippen LogP contribution in [0.3, 0.4) is 0 Å². The first-order valence-corrected chi connectivity index (χ1v) is 15.0. The minimum absolute atomic E-state index is 0.0570. The number of anilines is 1. The van der Waals surface area contributed by atoms with Crippen molar-refractivity contribution in [2.45, 2.75) is 64.3 Å². The Hall–Kier alpha value is -4.71. The molecule has 1 aliphatic rings. The normalized spacial score (nSPS) is 15.3. The Morgan fingerprint density at radius 2 is 1.89 bits per heavy atom. The zero-order valence-electron chi connectivity index (χ0n) is 24.6. The van der Waals surface area contributed by atoms with Gasteiger partial charge in [0.05, 0.1) is 17.9 Å². The van der Waals surface area contributed by atoms with Gasteiger partial charge in [-0.05, 0) is 68.1 Å². The van der Waals surface area contributed by atoms with Gasteiger partial charge >= 0.3 is 6.09 Å². The van der Waals surface area contributed by atoms with E-state index in [-0.39, 0.29) is 31.7 Å². The molecule has 0 saturated carbocycles. The summed E-state index contributed by atoms with van der Waals surface area (Å²) in [4.78, 5) is 45.8. The average Bonchev–Trinajstić information content (AvgIpc) is 3.51. The van der Waals surface area contributed by atoms with Gasteiger partial charge in [0.1, 0.15) is 23.2 Å². The molecular formula is C32H33FN6O4S. The van der Waals surface area contributed by atoms with Gasteiger partial charge in [-0.2, -0.15) is 0 Å². The third-order valence-electron chi connectivity index (χ3n) is 6.98. The number of ether oxygens (including phenoxy) is 1. The first-order valence-electron chi connectivity index (χ1n) is 14.2. The van der Waals surface area contributed by atoms with Crippen LogP contribution in [0.1, 0.15) is 44.0 Å². The summed E-state index contributed by atoms with van der Waals surface area (Å²) in [7, 11) is 0. The molecule has 2 atom stereocenters. The molecule has 44 heavy (non-hydrogen) atoms. The van der Waals surface area contributed by atoms with Crippen molar-refractivity contribution in [3.05, 3.63) is 94.9 Å².